The number of sulfonamides is 1. The van der Waals surface area contributed by atoms with Crippen LogP contribution in [-0.2, 0) is 21.2 Å². The molecule has 1 fully saturated rings. The first-order chi connectivity index (χ1) is 14.9. The molecule has 0 unspecified atom stereocenters. The molecule has 1 aliphatic heterocycles. The third-order valence-electron chi connectivity index (χ3n) is 6.07. The number of carbonyl (C=O) groups excluding carboxylic acids is 1. The van der Waals surface area contributed by atoms with Crippen LogP contribution in [-0.4, -0.2) is 56.3 Å². The maximum Gasteiger partial charge on any atom is 0.243 e. The van der Waals surface area contributed by atoms with Gasteiger partial charge in [0.15, 0.2) is 0 Å². The average Bonchev–Trinajstić information content (AvgIpc) is 3.00. The molecule has 1 heterocycles. The second-order valence-electron chi connectivity index (χ2n) is 8.20. The summed E-state index contributed by atoms with van der Waals surface area (Å²) in [7, 11) is -3.67. The summed E-state index contributed by atoms with van der Waals surface area (Å²) in [5.74, 6) is -0.496. The SMILES string of the molecule is O=C(CN1CCCN(S(=O)(=O)c2ccc(F)cc2)CC1)N[C@H]1CCCc2ccccc21. The summed E-state index contributed by atoms with van der Waals surface area (Å²) < 4.78 is 40.3. The Morgan fingerprint density at radius 3 is 2.58 bits per heavy atom. The van der Waals surface area contributed by atoms with Crippen molar-refractivity contribution >= 4 is 15.9 Å². The number of halogens is 1. The van der Waals surface area contributed by atoms with Crippen molar-refractivity contribution in [2.75, 3.05) is 32.7 Å². The van der Waals surface area contributed by atoms with E-state index in [1.165, 1.54) is 27.6 Å². The highest BCUT2D eigenvalue weighted by atomic mass is 32.2. The van der Waals surface area contributed by atoms with Gasteiger partial charge in [-0.15, -0.1) is 0 Å². The minimum absolute atomic E-state index is 0.0310. The molecule has 6 nitrogen and oxygen atoms in total. The minimum Gasteiger partial charge on any atom is -0.348 e. The van der Waals surface area contributed by atoms with E-state index in [1.54, 1.807) is 0 Å². The normalized spacial score (nSPS) is 20.6. The highest BCUT2D eigenvalue weighted by Gasteiger charge is 2.28. The zero-order valence-corrected chi connectivity index (χ0v) is 18.3. The number of rotatable bonds is 5. The van der Waals surface area contributed by atoms with E-state index in [0.717, 1.165) is 31.4 Å². The van der Waals surface area contributed by atoms with Gasteiger partial charge >= 0.3 is 0 Å². The molecule has 1 atom stereocenters. The zero-order chi connectivity index (χ0) is 21.8. The van der Waals surface area contributed by atoms with Gasteiger partial charge < -0.3 is 5.32 Å². The summed E-state index contributed by atoms with van der Waals surface area (Å²) in [6.45, 7) is 2.08. The molecule has 1 N–H and O–H groups in total. The van der Waals surface area contributed by atoms with Crippen molar-refractivity contribution < 1.29 is 17.6 Å². The fourth-order valence-corrected chi connectivity index (χ4v) is 5.92. The van der Waals surface area contributed by atoms with E-state index >= 15 is 0 Å². The molecule has 0 spiro atoms. The molecule has 0 saturated carbocycles. The summed E-state index contributed by atoms with van der Waals surface area (Å²) in [5.41, 5.74) is 2.50. The van der Waals surface area contributed by atoms with Crippen LogP contribution in [0.25, 0.3) is 0 Å². The van der Waals surface area contributed by atoms with Gasteiger partial charge in [-0.3, -0.25) is 9.69 Å². The molecule has 31 heavy (non-hydrogen) atoms. The van der Waals surface area contributed by atoms with E-state index in [0.29, 0.717) is 32.6 Å². The fraction of sp³-hybridized carbons (Fsp3) is 0.435. The number of fused-ring (bicyclic) bond motifs is 1. The Hall–Kier alpha value is -2.29. The summed E-state index contributed by atoms with van der Waals surface area (Å²) >= 11 is 0. The standard InChI is InChI=1S/C23H28FN3O3S/c24-19-9-11-20(12-10-19)31(29,30)27-14-4-13-26(15-16-27)17-23(28)25-22-8-3-6-18-5-1-2-7-21(18)22/h1-2,5,7,9-12,22H,3-4,6,8,13-17H2,(H,25,28)/t22-/m0/s1. The first kappa shape index (κ1) is 21.9. The second kappa shape index (κ2) is 9.46. The summed E-state index contributed by atoms with van der Waals surface area (Å²) in [6.07, 6.45) is 3.68. The molecule has 2 aromatic rings. The molecule has 166 valence electrons. The molecule has 0 aromatic heterocycles. The molecular weight excluding hydrogens is 417 g/mol. The monoisotopic (exact) mass is 445 g/mol. The number of hydrogen-bond donors (Lipinski definition) is 1. The summed E-state index contributed by atoms with van der Waals surface area (Å²) in [6, 6.07) is 13.2. The van der Waals surface area contributed by atoms with Crippen molar-refractivity contribution in [3.8, 4) is 0 Å². The highest BCUT2D eigenvalue weighted by Crippen LogP contribution is 2.29. The number of benzene rings is 2. The molecule has 4 rings (SSSR count). The van der Waals surface area contributed by atoms with Gasteiger partial charge in [-0.2, -0.15) is 4.31 Å². The Bertz CT molecular complexity index is 1030. The summed E-state index contributed by atoms with van der Waals surface area (Å²) in [5, 5.41) is 3.17. The van der Waals surface area contributed by atoms with Crippen LogP contribution in [0.3, 0.4) is 0 Å². The molecule has 0 radical (unpaired) electrons. The molecule has 2 aliphatic rings. The number of carbonyl (C=O) groups is 1. The molecule has 1 amide bonds. The highest BCUT2D eigenvalue weighted by molar-refractivity contribution is 7.89. The number of nitrogens with one attached hydrogen (secondary N) is 1. The number of hydrogen-bond acceptors (Lipinski definition) is 4. The Morgan fingerprint density at radius 2 is 1.77 bits per heavy atom. The number of nitrogens with zero attached hydrogens (tertiary/aromatic N) is 2. The lowest BCUT2D eigenvalue weighted by atomic mass is 9.88. The predicted octanol–water partition coefficient (Wildman–Crippen LogP) is 2.72. The van der Waals surface area contributed by atoms with Crippen LogP contribution >= 0.6 is 0 Å². The van der Waals surface area contributed by atoms with Crippen LogP contribution in [0.15, 0.2) is 53.4 Å². The second-order valence-corrected chi connectivity index (χ2v) is 10.1. The Morgan fingerprint density at radius 1 is 1.00 bits per heavy atom. The molecule has 2 aromatic carbocycles. The van der Waals surface area contributed by atoms with Crippen molar-refractivity contribution in [3.05, 3.63) is 65.5 Å². The van der Waals surface area contributed by atoms with Gasteiger partial charge in [0.2, 0.25) is 15.9 Å². The molecule has 8 heteroatoms. The van der Waals surface area contributed by atoms with Crippen molar-refractivity contribution in [3.63, 3.8) is 0 Å². The van der Waals surface area contributed by atoms with Gasteiger partial charge in [-0.25, -0.2) is 12.8 Å². The van der Waals surface area contributed by atoms with Crippen LogP contribution in [0.5, 0.6) is 0 Å². The van der Waals surface area contributed by atoms with Crippen LogP contribution in [0.4, 0.5) is 4.39 Å². The lowest BCUT2D eigenvalue weighted by Crippen LogP contribution is -2.41. The van der Waals surface area contributed by atoms with Gasteiger partial charge in [0.1, 0.15) is 5.82 Å². The smallest absolute Gasteiger partial charge is 0.243 e. The van der Waals surface area contributed by atoms with Gasteiger partial charge in [0.25, 0.3) is 0 Å². The minimum atomic E-state index is -3.67. The van der Waals surface area contributed by atoms with Crippen LogP contribution in [0.2, 0.25) is 0 Å². The molecule has 1 saturated heterocycles. The maximum absolute atomic E-state index is 13.2. The van der Waals surface area contributed by atoms with Crippen LogP contribution in [0.1, 0.15) is 36.4 Å². The topological polar surface area (TPSA) is 69.7 Å². The van der Waals surface area contributed by atoms with Gasteiger partial charge in [0, 0.05) is 19.6 Å². The zero-order valence-electron chi connectivity index (χ0n) is 17.5. The fourth-order valence-electron chi connectivity index (χ4n) is 4.45. The van der Waals surface area contributed by atoms with Crippen molar-refractivity contribution in [1.29, 1.82) is 0 Å². The van der Waals surface area contributed by atoms with Crippen LogP contribution in [0, 0.1) is 5.82 Å². The first-order valence-electron chi connectivity index (χ1n) is 10.8. The van der Waals surface area contributed by atoms with Crippen molar-refractivity contribution in [2.45, 2.75) is 36.6 Å². The van der Waals surface area contributed by atoms with Gasteiger partial charge in [-0.05, 0) is 67.6 Å². The van der Waals surface area contributed by atoms with Crippen molar-refractivity contribution in [1.82, 2.24) is 14.5 Å². The lowest BCUT2D eigenvalue weighted by molar-refractivity contribution is -0.123. The molecular formula is C23H28FN3O3S. The summed E-state index contributed by atoms with van der Waals surface area (Å²) in [4.78, 5) is 14.8. The van der Waals surface area contributed by atoms with E-state index in [4.69, 9.17) is 0 Å². The lowest BCUT2D eigenvalue weighted by Gasteiger charge is -2.28. The third-order valence-corrected chi connectivity index (χ3v) is 7.98. The Balaban J connectivity index is 1.34. The van der Waals surface area contributed by atoms with E-state index in [-0.39, 0.29) is 23.4 Å². The molecule has 0 bridgehead atoms. The van der Waals surface area contributed by atoms with E-state index < -0.39 is 15.8 Å². The van der Waals surface area contributed by atoms with E-state index in [2.05, 4.69) is 17.4 Å². The maximum atomic E-state index is 13.2. The van der Waals surface area contributed by atoms with Crippen LogP contribution < -0.4 is 5.32 Å². The Kier molecular flexibility index (Phi) is 6.69. The quantitative estimate of drug-likeness (QED) is 0.768. The average molecular weight is 446 g/mol. The number of aryl methyl sites for hydroxylation is 1. The van der Waals surface area contributed by atoms with Gasteiger partial charge in [-0.1, -0.05) is 24.3 Å². The molecule has 1 aliphatic carbocycles. The largest absolute Gasteiger partial charge is 0.348 e. The van der Waals surface area contributed by atoms with Gasteiger partial charge in [0.05, 0.1) is 17.5 Å². The third kappa shape index (κ3) is 5.14. The van der Waals surface area contributed by atoms with E-state index in [9.17, 15) is 17.6 Å². The number of amides is 1. The predicted molar refractivity (Wildman–Crippen MR) is 116 cm³/mol. The first-order valence-corrected chi connectivity index (χ1v) is 12.2. The van der Waals surface area contributed by atoms with Crippen molar-refractivity contribution in [2.24, 2.45) is 0 Å². The van der Waals surface area contributed by atoms with E-state index in [1.807, 2.05) is 17.0 Å². The Labute approximate surface area is 183 Å².